The molecule has 1 saturated heterocycles. The maximum atomic E-state index is 12.5. The van der Waals surface area contributed by atoms with Crippen molar-refractivity contribution in [2.45, 2.75) is 18.9 Å². The summed E-state index contributed by atoms with van der Waals surface area (Å²) in [5.41, 5.74) is 0.938. The van der Waals surface area contributed by atoms with E-state index in [2.05, 4.69) is 30.8 Å². The number of hydrogen-bond donors (Lipinski definition) is 3. The second-order valence-corrected chi connectivity index (χ2v) is 6.37. The van der Waals surface area contributed by atoms with Gasteiger partial charge in [-0.1, -0.05) is 6.07 Å². The van der Waals surface area contributed by atoms with Gasteiger partial charge in [0.05, 0.1) is 0 Å². The van der Waals surface area contributed by atoms with E-state index in [0.29, 0.717) is 17.7 Å². The van der Waals surface area contributed by atoms with Gasteiger partial charge in [-0.2, -0.15) is 0 Å². The molecule has 1 atom stereocenters. The molecule has 2 amide bonds. The van der Waals surface area contributed by atoms with Crippen molar-refractivity contribution in [2.24, 2.45) is 0 Å². The molecule has 0 aliphatic carbocycles. The number of nitrogens with zero attached hydrogens (tertiary/aromatic N) is 3. The van der Waals surface area contributed by atoms with Gasteiger partial charge in [0.25, 0.3) is 11.8 Å². The lowest BCUT2D eigenvalue weighted by atomic mass is 10.1. The first-order chi connectivity index (χ1) is 13.1. The summed E-state index contributed by atoms with van der Waals surface area (Å²) in [4.78, 5) is 35.0. The Hall–Kier alpha value is -3.16. The molecule has 2 heterocycles. The number of hydrogen-bond acceptors (Lipinski definition) is 6. The van der Waals surface area contributed by atoms with Crippen molar-refractivity contribution < 1.29 is 9.59 Å². The first-order valence-corrected chi connectivity index (χ1v) is 8.99. The minimum atomic E-state index is -0.212. The van der Waals surface area contributed by atoms with Crippen LogP contribution in [0.3, 0.4) is 0 Å². The van der Waals surface area contributed by atoms with Gasteiger partial charge in [0.1, 0.15) is 18.0 Å². The van der Waals surface area contributed by atoms with Gasteiger partial charge in [0, 0.05) is 50.4 Å². The summed E-state index contributed by atoms with van der Waals surface area (Å²) in [5, 5.41) is 8.56. The van der Waals surface area contributed by atoms with E-state index < -0.39 is 0 Å². The zero-order chi connectivity index (χ0) is 19.2. The molecule has 8 nitrogen and oxygen atoms in total. The highest BCUT2D eigenvalue weighted by Gasteiger charge is 2.26. The minimum Gasteiger partial charge on any atom is -0.373 e. The summed E-state index contributed by atoms with van der Waals surface area (Å²) in [6.45, 7) is 1.41. The molecule has 1 aliphatic rings. The van der Waals surface area contributed by atoms with Gasteiger partial charge in [-0.25, -0.2) is 9.97 Å². The van der Waals surface area contributed by atoms with Gasteiger partial charge in [-0.15, -0.1) is 0 Å². The Morgan fingerprint density at radius 3 is 2.67 bits per heavy atom. The van der Waals surface area contributed by atoms with E-state index >= 15 is 0 Å². The number of benzene rings is 1. The fourth-order valence-corrected chi connectivity index (χ4v) is 3.25. The number of aromatic nitrogens is 2. The van der Waals surface area contributed by atoms with Gasteiger partial charge in [-0.05, 0) is 31.0 Å². The molecule has 3 N–H and O–H groups in total. The Kier molecular flexibility index (Phi) is 5.85. The van der Waals surface area contributed by atoms with E-state index in [1.165, 1.54) is 0 Å². The molecule has 1 aliphatic heterocycles. The number of carbonyl (C=O) groups excluding carboxylic acids is 2. The molecule has 27 heavy (non-hydrogen) atoms. The molecule has 0 radical (unpaired) electrons. The van der Waals surface area contributed by atoms with Crippen LogP contribution in [0.15, 0.2) is 36.7 Å². The predicted octanol–water partition coefficient (Wildman–Crippen LogP) is 1.28. The Bertz CT molecular complexity index is 825. The smallest absolute Gasteiger partial charge is 0.251 e. The van der Waals surface area contributed by atoms with Gasteiger partial charge in [-0.3, -0.25) is 9.59 Å². The summed E-state index contributed by atoms with van der Waals surface area (Å²) in [6.07, 6.45) is 3.57. The largest absolute Gasteiger partial charge is 0.373 e. The fraction of sp³-hybridized carbons (Fsp3) is 0.368. The van der Waals surface area contributed by atoms with Crippen molar-refractivity contribution in [1.29, 1.82) is 0 Å². The summed E-state index contributed by atoms with van der Waals surface area (Å²) in [6, 6.07) is 8.79. The zero-order valence-electron chi connectivity index (χ0n) is 15.5. The Labute approximate surface area is 158 Å². The van der Waals surface area contributed by atoms with Gasteiger partial charge >= 0.3 is 0 Å². The Morgan fingerprint density at radius 2 is 1.93 bits per heavy atom. The van der Waals surface area contributed by atoms with Crippen LogP contribution in [0.4, 0.5) is 11.6 Å². The average molecular weight is 368 g/mol. The van der Waals surface area contributed by atoms with Crippen molar-refractivity contribution >= 4 is 23.5 Å². The van der Waals surface area contributed by atoms with Crippen LogP contribution in [0, 0.1) is 0 Å². The van der Waals surface area contributed by atoms with Gasteiger partial charge in [0.15, 0.2) is 0 Å². The van der Waals surface area contributed by atoms with Gasteiger partial charge < -0.3 is 20.9 Å². The maximum Gasteiger partial charge on any atom is 0.251 e. The number of amides is 2. The van der Waals surface area contributed by atoms with Crippen LogP contribution in [0.25, 0.3) is 0 Å². The predicted molar refractivity (Wildman–Crippen MR) is 104 cm³/mol. The number of nitrogens with one attached hydrogen (secondary N) is 3. The summed E-state index contributed by atoms with van der Waals surface area (Å²) < 4.78 is 0. The average Bonchev–Trinajstić information content (AvgIpc) is 3.20. The van der Waals surface area contributed by atoms with E-state index in [9.17, 15) is 9.59 Å². The van der Waals surface area contributed by atoms with E-state index in [4.69, 9.17) is 0 Å². The lowest BCUT2D eigenvalue weighted by Crippen LogP contribution is -2.40. The van der Waals surface area contributed by atoms with Crippen molar-refractivity contribution in [3.8, 4) is 0 Å². The molecular formula is C19H24N6O2. The highest BCUT2D eigenvalue weighted by Crippen LogP contribution is 2.24. The van der Waals surface area contributed by atoms with Crippen molar-refractivity contribution in [3.63, 3.8) is 0 Å². The van der Waals surface area contributed by atoms with E-state index in [1.807, 2.05) is 13.1 Å². The number of rotatable bonds is 6. The third-order valence-electron chi connectivity index (χ3n) is 4.69. The lowest BCUT2D eigenvalue weighted by Gasteiger charge is -2.26. The standard InChI is InChI=1S/C19H24N6O2/c1-20-16-10-17(24-12-23-16)25-8-4-7-15(25)11-22-19(27)14-6-3-5-13(9-14)18(26)21-2/h3,5-6,9-10,12,15H,4,7-8,11H2,1-2H3,(H,21,26)(H,22,27)(H,20,23,24). The van der Waals surface area contributed by atoms with E-state index in [0.717, 1.165) is 31.0 Å². The Balaban J connectivity index is 1.65. The topological polar surface area (TPSA) is 99.2 Å². The molecule has 0 spiro atoms. The molecule has 8 heteroatoms. The SMILES string of the molecule is CNC(=O)c1cccc(C(=O)NCC2CCCN2c2cc(NC)ncn2)c1. The highest BCUT2D eigenvalue weighted by molar-refractivity contribution is 5.99. The quantitative estimate of drug-likeness (QED) is 0.710. The molecule has 1 aromatic carbocycles. The first kappa shape index (κ1) is 18.6. The van der Waals surface area contributed by atoms with Crippen molar-refractivity contribution in [2.75, 3.05) is 37.4 Å². The first-order valence-electron chi connectivity index (χ1n) is 8.99. The van der Waals surface area contributed by atoms with Crippen LogP contribution >= 0.6 is 0 Å². The normalized spacial score (nSPS) is 16.1. The van der Waals surface area contributed by atoms with Crippen LogP contribution in [0.5, 0.6) is 0 Å². The van der Waals surface area contributed by atoms with E-state index in [-0.39, 0.29) is 17.9 Å². The molecule has 1 fully saturated rings. The molecule has 1 unspecified atom stereocenters. The van der Waals surface area contributed by atoms with Crippen molar-refractivity contribution in [1.82, 2.24) is 20.6 Å². The third-order valence-corrected chi connectivity index (χ3v) is 4.69. The molecule has 0 bridgehead atoms. The van der Waals surface area contributed by atoms with Gasteiger partial charge in [0.2, 0.25) is 0 Å². The molecule has 1 aromatic heterocycles. The van der Waals surface area contributed by atoms with Crippen LogP contribution in [-0.4, -0.2) is 55.0 Å². The van der Waals surface area contributed by atoms with Crippen LogP contribution < -0.4 is 20.9 Å². The summed E-state index contributed by atoms with van der Waals surface area (Å²) >= 11 is 0. The number of anilines is 2. The van der Waals surface area contributed by atoms with E-state index in [1.54, 1.807) is 37.6 Å². The third kappa shape index (κ3) is 4.33. The zero-order valence-corrected chi connectivity index (χ0v) is 15.5. The fourth-order valence-electron chi connectivity index (χ4n) is 3.25. The number of carbonyl (C=O) groups is 2. The van der Waals surface area contributed by atoms with Crippen molar-refractivity contribution in [3.05, 3.63) is 47.8 Å². The second kappa shape index (κ2) is 8.48. The molecule has 2 aromatic rings. The molecule has 0 saturated carbocycles. The minimum absolute atomic E-state index is 0.177. The monoisotopic (exact) mass is 368 g/mol. The van der Waals surface area contributed by atoms with Crippen LogP contribution in [0.2, 0.25) is 0 Å². The highest BCUT2D eigenvalue weighted by atomic mass is 16.2. The summed E-state index contributed by atoms with van der Waals surface area (Å²) in [5.74, 6) is 1.22. The van der Waals surface area contributed by atoms with Crippen LogP contribution in [-0.2, 0) is 0 Å². The molecule has 142 valence electrons. The summed E-state index contributed by atoms with van der Waals surface area (Å²) in [7, 11) is 3.39. The molecule has 3 rings (SSSR count). The lowest BCUT2D eigenvalue weighted by molar-refractivity contribution is 0.0951. The second-order valence-electron chi connectivity index (χ2n) is 6.37. The molecular weight excluding hydrogens is 344 g/mol. The van der Waals surface area contributed by atoms with Crippen LogP contribution in [0.1, 0.15) is 33.6 Å². The maximum absolute atomic E-state index is 12.5. The Morgan fingerprint density at radius 1 is 1.15 bits per heavy atom.